The monoisotopic (exact) mass is 564 g/mol. The van der Waals surface area contributed by atoms with Crippen molar-refractivity contribution in [3.63, 3.8) is 0 Å². The van der Waals surface area contributed by atoms with E-state index in [9.17, 15) is 22.8 Å². The van der Waals surface area contributed by atoms with Crippen molar-refractivity contribution in [1.82, 2.24) is 4.72 Å². The van der Waals surface area contributed by atoms with E-state index in [1.54, 1.807) is 6.08 Å². The minimum Gasteiger partial charge on any atom is -0.482 e. The Kier molecular flexibility index (Phi) is 6.79. The molecule has 2 aliphatic rings. The fourth-order valence-corrected chi connectivity index (χ4v) is 5.65. The molecular weight excluding hydrogens is 536 g/mol. The number of carbonyl (C=O) groups excluding carboxylic acids is 2. The number of allylic oxidation sites excluding steroid dienone is 1. The van der Waals surface area contributed by atoms with Gasteiger partial charge in [-0.2, -0.15) is 0 Å². The second kappa shape index (κ2) is 9.98. The molecule has 11 heteroatoms. The Morgan fingerprint density at radius 1 is 1.12 bits per heavy atom. The second-order valence-corrected chi connectivity index (χ2v) is 11.9. The van der Waals surface area contributed by atoms with Gasteiger partial charge in [-0.15, -0.1) is 0 Å². The lowest BCUT2D eigenvalue weighted by atomic mass is 9.90. The number of fused-ring (bicyclic) bond motifs is 6. The van der Waals surface area contributed by atoms with E-state index in [1.807, 2.05) is 26.8 Å². The van der Waals surface area contributed by atoms with Gasteiger partial charge < -0.3 is 19.2 Å². The summed E-state index contributed by atoms with van der Waals surface area (Å²) in [7, 11) is -4.01. The summed E-state index contributed by atoms with van der Waals surface area (Å²) in [5, 5.41) is 3.13. The number of hydrogen-bond acceptors (Lipinski definition) is 8. The first-order valence-corrected chi connectivity index (χ1v) is 14.2. The van der Waals surface area contributed by atoms with Crippen LogP contribution in [-0.4, -0.2) is 25.7 Å². The standard InChI is InChI=1S/C29H28N2O8S/c1-5-6-17-13-23(34)38-28-24(17)27-21(11-12-29(3,4)39-27)26-25(28)22(33)14-19(37-26)15-30-40(35,36)20-9-7-18(8-10-20)31-16(2)32/h7-13,15,30H,5-6,14H2,1-4H3,(H,31,32). The largest absolute Gasteiger partial charge is 0.482 e. The Balaban J connectivity index is 1.56. The molecule has 0 aliphatic carbocycles. The highest BCUT2D eigenvalue weighted by Gasteiger charge is 2.36. The number of ether oxygens (including phenoxy) is 2. The van der Waals surface area contributed by atoms with Crippen molar-refractivity contribution < 1.29 is 31.9 Å². The van der Waals surface area contributed by atoms with Crippen molar-refractivity contribution in [2.24, 2.45) is 0 Å². The predicted molar refractivity (Wildman–Crippen MR) is 149 cm³/mol. The second-order valence-electron chi connectivity index (χ2n) is 10.2. The summed E-state index contributed by atoms with van der Waals surface area (Å²) < 4.78 is 46.1. The topological polar surface area (TPSA) is 141 Å². The van der Waals surface area contributed by atoms with Crippen LogP contribution in [0, 0.1) is 0 Å². The van der Waals surface area contributed by atoms with Crippen molar-refractivity contribution in [2.75, 3.05) is 5.32 Å². The van der Waals surface area contributed by atoms with Gasteiger partial charge in [0.05, 0.1) is 28.5 Å². The highest BCUT2D eigenvalue weighted by Crippen LogP contribution is 2.49. The molecule has 0 atom stereocenters. The number of nitrogens with one attached hydrogen (secondary N) is 2. The molecule has 0 saturated heterocycles. The van der Waals surface area contributed by atoms with Crippen LogP contribution in [0.2, 0.25) is 0 Å². The van der Waals surface area contributed by atoms with Gasteiger partial charge in [-0.1, -0.05) is 13.3 Å². The Morgan fingerprint density at radius 3 is 2.52 bits per heavy atom. The third kappa shape index (κ3) is 5.12. The van der Waals surface area contributed by atoms with Gasteiger partial charge in [0, 0.05) is 18.7 Å². The minimum absolute atomic E-state index is 0.0480. The van der Waals surface area contributed by atoms with Gasteiger partial charge >= 0.3 is 5.63 Å². The lowest BCUT2D eigenvalue weighted by Gasteiger charge is -2.32. The van der Waals surface area contributed by atoms with E-state index in [4.69, 9.17) is 13.9 Å². The first-order valence-electron chi connectivity index (χ1n) is 12.7. The van der Waals surface area contributed by atoms with Crippen LogP contribution in [-0.2, 0) is 21.2 Å². The summed E-state index contributed by atoms with van der Waals surface area (Å²) in [4.78, 5) is 37.1. The molecular formula is C29H28N2O8S. The number of Topliss-reactive ketones (excluding diaryl/α,β-unsaturated/α-hetero) is 1. The number of carbonyl (C=O) groups is 2. The van der Waals surface area contributed by atoms with E-state index in [2.05, 4.69) is 10.0 Å². The summed E-state index contributed by atoms with van der Waals surface area (Å²) in [6.07, 6.45) is 5.83. The molecule has 0 saturated carbocycles. The Labute approximate surface area is 230 Å². The van der Waals surface area contributed by atoms with Crippen LogP contribution in [0.4, 0.5) is 5.69 Å². The molecule has 3 aromatic rings. The van der Waals surface area contributed by atoms with Gasteiger partial charge in [-0.25, -0.2) is 13.2 Å². The molecule has 2 N–H and O–H groups in total. The number of rotatable bonds is 6. The molecule has 0 spiro atoms. The molecule has 3 heterocycles. The fourth-order valence-electron chi connectivity index (χ4n) is 4.73. The SMILES string of the molecule is CCCc1cc(=O)oc2c3c(c4c(c12)OC(C)(C)C=C4)OC(=CNS(=O)(=O)c1ccc(NC(C)=O)cc1)CC3=O. The average molecular weight is 565 g/mol. The van der Waals surface area contributed by atoms with E-state index in [0.29, 0.717) is 34.4 Å². The molecule has 208 valence electrons. The van der Waals surface area contributed by atoms with Crippen LogP contribution in [0.15, 0.2) is 62.5 Å². The number of anilines is 1. The van der Waals surface area contributed by atoms with E-state index in [0.717, 1.165) is 12.6 Å². The van der Waals surface area contributed by atoms with Gasteiger partial charge in [0.2, 0.25) is 5.91 Å². The summed E-state index contributed by atoms with van der Waals surface area (Å²) in [6.45, 7) is 7.10. The van der Waals surface area contributed by atoms with Gasteiger partial charge in [0.15, 0.2) is 17.1 Å². The Morgan fingerprint density at radius 2 is 1.85 bits per heavy atom. The molecule has 1 aromatic heterocycles. The number of amides is 1. The van der Waals surface area contributed by atoms with Crippen LogP contribution in [0.25, 0.3) is 17.0 Å². The molecule has 2 aliphatic heterocycles. The molecule has 0 fully saturated rings. The van der Waals surface area contributed by atoms with Crippen LogP contribution in [0.1, 0.15) is 62.0 Å². The predicted octanol–water partition coefficient (Wildman–Crippen LogP) is 4.67. The maximum Gasteiger partial charge on any atom is 0.336 e. The minimum atomic E-state index is -4.01. The normalized spacial score (nSPS) is 16.6. The van der Waals surface area contributed by atoms with Crippen molar-refractivity contribution >= 4 is 44.4 Å². The van der Waals surface area contributed by atoms with E-state index in [1.165, 1.54) is 37.3 Å². The number of aryl methyl sites for hydroxylation is 1. The Hall–Kier alpha value is -4.38. The zero-order valence-electron chi connectivity index (χ0n) is 22.4. The smallest absolute Gasteiger partial charge is 0.336 e. The molecule has 2 aromatic carbocycles. The molecule has 0 unspecified atom stereocenters. The van der Waals surface area contributed by atoms with Crippen molar-refractivity contribution in [3.05, 3.63) is 75.5 Å². The van der Waals surface area contributed by atoms with Crippen LogP contribution < -0.4 is 25.1 Å². The van der Waals surface area contributed by atoms with Gasteiger partial charge in [0.25, 0.3) is 10.0 Å². The van der Waals surface area contributed by atoms with Gasteiger partial charge in [-0.3, -0.25) is 14.3 Å². The highest BCUT2D eigenvalue weighted by molar-refractivity contribution is 7.89. The summed E-state index contributed by atoms with van der Waals surface area (Å²) in [6, 6.07) is 7.04. The lowest BCUT2D eigenvalue weighted by Crippen LogP contribution is -2.29. The summed E-state index contributed by atoms with van der Waals surface area (Å²) in [5.41, 5.74) is 0.622. The maximum atomic E-state index is 13.5. The van der Waals surface area contributed by atoms with Crippen LogP contribution in [0.3, 0.4) is 0 Å². The van der Waals surface area contributed by atoms with E-state index >= 15 is 0 Å². The first kappa shape index (κ1) is 27.2. The van der Waals surface area contributed by atoms with Crippen LogP contribution in [0.5, 0.6) is 11.5 Å². The Bertz CT molecular complexity index is 1780. The maximum absolute atomic E-state index is 13.5. The van der Waals surface area contributed by atoms with E-state index in [-0.39, 0.29) is 39.9 Å². The number of benzene rings is 2. The van der Waals surface area contributed by atoms with Crippen molar-refractivity contribution in [2.45, 2.75) is 57.5 Å². The molecule has 0 bridgehead atoms. The molecule has 0 radical (unpaired) electrons. The summed E-state index contributed by atoms with van der Waals surface area (Å²) >= 11 is 0. The van der Waals surface area contributed by atoms with Gasteiger partial charge in [-0.05, 0) is 62.2 Å². The van der Waals surface area contributed by atoms with Crippen molar-refractivity contribution in [1.29, 1.82) is 0 Å². The summed E-state index contributed by atoms with van der Waals surface area (Å²) in [5.74, 6) is -0.0516. The highest BCUT2D eigenvalue weighted by atomic mass is 32.2. The first-order chi connectivity index (χ1) is 18.9. The zero-order valence-corrected chi connectivity index (χ0v) is 23.2. The number of hydrogen-bond donors (Lipinski definition) is 2. The molecule has 1 amide bonds. The lowest BCUT2D eigenvalue weighted by molar-refractivity contribution is -0.114. The zero-order chi connectivity index (χ0) is 28.8. The van der Waals surface area contributed by atoms with Crippen molar-refractivity contribution in [3.8, 4) is 11.5 Å². The number of ketones is 1. The molecule has 40 heavy (non-hydrogen) atoms. The third-order valence-corrected chi connectivity index (χ3v) is 7.78. The third-order valence-electron chi connectivity index (χ3n) is 6.46. The van der Waals surface area contributed by atoms with Gasteiger partial charge in [0.1, 0.15) is 22.7 Å². The number of sulfonamides is 1. The fraction of sp³-hybridized carbons (Fsp3) is 0.276. The quantitative estimate of drug-likeness (QED) is 0.412. The van der Waals surface area contributed by atoms with Crippen LogP contribution >= 0.6 is 0 Å². The molecule has 5 rings (SSSR count). The molecule has 10 nitrogen and oxygen atoms in total. The average Bonchev–Trinajstić information content (AvgIpc) is 2.86. The van der Waals surface area contributed by atoms with E-state index < -0.39 is 27.0 Å².